The smallest absolute Gasteiger partial charge is 0.133 e. The van der Waals surface area contributed by atoms with Gasteiger partial charge in [-0.15, -0.1) is 0 Å². The van der Waals surface area contributed by atoms with E-state index < -0.39 is 6.10 Å². The van der Waals surface area contributed by atoms with Gasteiger partial charge in [0.1, 0.15) is 12.4 Å². The standard InChI is InChI=1S/C10H14BrNO3/c11-10-7(8(14)6-12)2-1-3-9(10)15-5-4-13/h1-3,8,13-14H,4-6,12H2/t8-/m1/s1. The molecule has 0 aromatic heterocycles. The SMILES string of the molecule is NC[C@@H](O)c1cccc(OCCO)c1Br. The number of nitrogens with two attached hydrogens (primary N) is 1. The molecule has 4 nitrogen and oxygen atoms in total. The molecule has 0 unspecified atom stereocenters. The van der Waals surface area contributed by atoms with Crippen molar-refractivity contribution in [1.29, 1.82) is 0 Å². The lowest BCUT2D eigenvalue weighted by molar-refractivity contribution is 0.183. The van der Waals surface area contributed by atoms with Crippen LogP contribution in [0.2, 0.25) is 0 Å². The van der Waals surface area contributed by atoms with Crippen molar-refractivity contribution in [2.24, 2.45) is 5.73 Å². The number of aliphatic hydroxyl groups excluding tert-OH is 2. The predicted octanol–water partition coefficient (Wildman–Crippen LogP) is 0.812. The zero-order valence-electron chi connectivity index (χ0n) is 8.19. The van der Waals surface area contributed by atoms with Crippen LogP contribution in [0.1, 0.15) is 11.7 Å². The average molecular weight is 276 g/mol. The third kappa shape index (κ3) is 3.17. The molecule has 0 aliphatic rings. The van der Waals surface area contributed by atoms with Gasteiger partial charge in [0.2, 0.25) is 0 Å². The largest absolute Gasteiger partial charge is 0.490 e. The van der Waals surface area contributed by atoms with E-state index in [1.165, 1.54) is 0 Å². The Kier molecular flexibility index (Phi) is 5.04. The molecule has 0 saturated carbocycles. The fraction of sp³-hybridized carbons (Fsp3) is 0.400. The number of rotatable bonds is 5. The second-order valence-electron chi connectivity index (χ2n) is 2.98. The molecular weight excluding hydrogens is 262 g/mol. The summed E-state index contributed by atoms with van der Waals surface area (Å²) in [6.07, 6.45) is -0.711. The molecule has 1 aromatic carbocycles. The van der Waals surface area contributed by atoms with Crippen LogP contribution in [0.5, 0.6) is 5.75 Å². The van der Waals surface area contributed by atoms with Crippen molar-refractivity contribution in [3.63, 3.8) is 0 Å². The average Bonchev–Trinajstić information content (AvgIpc) is 2.27. The third-order valence-corrected chi connectivity index (χ3v) is 2.77. The molecule has 84 valence electrons. The fourth-order valence-corrected chi connectivity index (χ4v) is 1.82. The first-order valence-corrected chi connectivity index (χ1v) is 5.40. The normalized spacial score (nSPS) is 12.5. The van der Waals surface area contributed by atoms with E-state index in [0.29, 0.717) is 15.8 Å². The van der Waals surface area contributed by atoms with Crippen molar-refractivity contribution < 1.29 is 14.9 Å². The summed E-state index contributed by atoms with van der Waals surface area (Å²) in [6.45, 7) is 0.332. The van der Waals surface area contributed by atoms with Crippen molar-refractivity contribution in [3.05, 3.63) is 28.2 Å². The van der Waals surface area contributed by atoms with Crippen LogP contribution in [0.3, 0.4) is 0 Å². The molecule has 0 amide bonds. The van der Waals surface area contributed by atoms with Gasteiger partial charge in [0.15, 0.2) is 0 Å². The lowest BCUT2D eigenvalue weighted by Crippen LogP contribution is -2.12. The van der Waals surface area contributed by atoms with Crippen LogP contribution in [0.15, 0.2) is 22.7 Å². The molecule has 0 saturated heterocycles. The molecule has 1 aromatic rings. The van der Waals surface area contributed by atoms with Gasteiger partial charge in [-0.25, -0.2) is 0 Å². The Labute approximate surface area is 96.8 Å². The fourth-order valence-electron chi connectivity index (χ4n) is 1.18. The van der Waals surface area contributed by atoms with Gasteiger partial charge in [-0.3, -0.25) is 0 Å². The lowest BCUT2D eigenvalue weighted by atomic mass is 10.1. The molecule has 0 spiro atoms. The van der Waals surface area contributed by atoms with Gasteiger partial charge in [0.05, 0.1) is 17.2 Å². The maximum atomic E-state index is 9.60. The van der Waals surface area contributed by atoms with E-state index in [2.05, 4.69) is 15.9 Å². The van der Waals surface area contributed by atoms with Crippen LogP contribution in [0.25, 0.3) is 0 Å². The number of hydrogen-bond acceptors (Lipinski definition) is 4. The Hall–Kier alpha value is -0.620. The van der Waals surface area contributed by atoms with Crippen LogP contribution in [-0.2, 0) is 0 Å². The van der Waals surface area contributed by atoms with Gasteiger partial charge in [0.25, 0.3) is 0 Å². The molecule has 0 aliphatic carbocycles. The first-order valence-electron chi connectivity index (χ1n) is 4.61. The summed E-state index contributed by atoms with van der Waals surface area (Å²) >= 11 is 3.33. The molecule has 0 bridgehead atoms. The van der Waals surface area contributed by atoms with E-state index in [4.69, 9.17) is 15.6 Å². The van der Waals surface area contributed by atoms with E-state index in [9.17, 15) is 5.11 Å². The highest BCUT2D eigenvalue weighted by molar-refractivity contribution is 9.10. The molecular formula is C10H14BrNO3. The van der Waals surface area contributed by atoms with Gasteiger partial charge in [-0.1, -0.05) is 12.1 Å². The molecule has 4 N–H and O–H groups in total. The highest BCUT2D eigenvalue weighted by Gasteiger charge is 2.12. The summed E-state index contributed by atoms with van der Waals surface area (Å²) in [5.41, 5.74) is 6.06. The van der Waals surface area contributed by atoms with Crippen molar-refractivity contribution in [3.8, 4) is 5.75 Å². The van der Waals surface area contributed by atoms with Crippen LogP contribution in [-0.4, -0.2) is 30.0 Å². The van der Waals surface area contributed by atoms with Crippen LogP contribution >= 0.6 is 15.9 Å². The number of aliphatic hydroxyl groups is 2. The summed E-state index contributed by atoms with van der Waals surface area (Å²) in [5, 5.41) is 18.2. The van der Waals surface area contributed by atoms with E-state index in [0.717, 1.165) is 0 Å². The number of hydrogen-bond donors (Lipinski definition) is 3. The van der Waals surface area contributed by atoms with Crippen molar-refractivity contribution in [2.45, 2.75) is 6.10 Å². The van der Waals surface area contributed by atoms with E-state index in [1.807, 2.05) is 0 Å². The third-order valence-electron chi connectivity index (χ3n) is 1.92. The molecule has 5 heteroatoms. The molecule has 0 aliphatic heterocycles. The van der Waals surface area contributed by atoms with E-state index in [1.54, 1.807) is 18.2 Å². The molecule has 0 heterocycles. The van der Waals surface area contributed by atoms with Crippen LogP contribution in [0, 0.1) is 0 Å². The lowest BCUT2D eigenvalue weighted by Gasteiger charge is -2.13. The topological polar surface area (TPSA) is 75.7 Å². The first kappa shape index (κ1) is 12.4. The van der Waals surface area contributed by atoms with Crippen molar-refractivity contribution in [2.75, 3.05) is 19.8 Å². The number of ether oxygens (including phenoxy) is 1. The molecule has 15 heavy (non-hydrogen) atoms. The minimum Gasteiger partial charge on any atom is -0.490 e. The molecule has 1 rings (SSSR count). The Morgan fingerprint density at radius 2 is 2.20 bits per heavy atom. The maximum absolute atomic E-state index is 9.60. The highest BCUT2D eigenvalue weighted by Crippen LogP contribution is 2.31. The van der Waals surface area contributed by atoms with Crippen molar-refractivity contribution >= 4 is 15.9 Å². The van der Waals surface area contributed by atoms with E-state index in [-0.39, 0.29) is 19.8 Å². The van der Waals surface area contributed by atoms with Gasteiger partial charge in [-0.05, 0) is 27.6 Å². The monoisotopic (exact) mass is 275 g/mol. The predicted molar refractivity (Wildman–Crippen MR) is 60.7 cm³/mol. The zero-order valence-corrected chi connectivity index (χ0v) is 9.77. The highest BCUT2D eigenvalue weighted by atomic mass is 79.9. The summed E-state index contributed by atoms with van der Waals surface area (Å²) < 4.78 is 5.95. The summed E-state index contributed by atoms with van der Waals surface area (Å²) in [4.78, 5) is 0. The molecule has 0 radical (unpaired) electrons. The number of benzene rings is 1. The summed E-state index contributed by atoms with van der Waals surface area (Å²) in [5.74, 6) is 0.592. The molecule has 1 atom stereocenters. The first-order chi connectivity index (χ1) is 7.20. The van der Waals surface area contributed by atoms with Gasteiger partial charge in [0, 0.05) is 6.54 Å². The zero-order chi connectivity index (χ0) is 11.3. The second kappa shape index (κ2) is 6.07. The molecule has 0 fully saturated rings. The Bertz CT molecular complexity index is 320. The second-order valence-corrected chi connectivity index (χ2v) is 3.78. The van der Waals surface area contributed by atoms with Crippen LogP contribution in [0.4, 0.5) is 0 Å². The summed E-state index contributed by atoms with van der Waals surface area (Å²) in [6, 6.07) is 5.30. The minimum atomic E-state index is -0.711. The Morgan fingerprint density at radius 1 is 1.47 bits per heavy atom. The van der Waals surface area contributed by atoms with Gasteiger partial charge < -0.3 is 20.7 Å². The Morgan fingerprint density at radius 3 is 2.80 bits per heavy atom. The quantitative estimate of drug-likeness (QED) is 0.744. The van der Waals surface area contributed by atoms with Crippen LogP contribution < -0.4 is 10.5 Å². The van der Waals surface area contributed by atoms with Gasteiger partial charge >= 0.3 is 0 Å². The van der Waals surface area contributed by atoms with Crippen molar-refractivity contribution in [1.82, 2.24) is 0 Å². The summed E-state index contributed by atoms with van der Waals surface area (Å²) in [7, 11) is 0. The minimum absolute atomic E-state index is 0.0455. The Balaban J connectivity index is 2.90. The maximum Gasteiger partial charge on any atom is 0.133 e. The number of halogens is 1. The van der Waals surface area contributed by atoms with Gasteiger partial charge in [-0.2, -0.15) is 0 Å². The van der Waals surface area contributed by atoms with E-state index >= 15 is 0 Å².